The summed E-state index contributed by atoms with van der Waals surface area (Å²) >= 11 is 5.47. The van der Waals surface area contributed by atoms with Gasteiger partial charge in [-0.3, -0.25) is 4.79 Å². The van der Waals surface area contributed by atoms with Gasteiger partial charge >= 0.3 is 5.97 Å². The van der Waals surface area contributed by atoms with Crippen LogP contribution < -0.4 is 0 Å². The molecule has 0 heterocycles. The van der Waals surface area contributed by atoms with E-state index in [1.165, 1.54) is 7.11 Å². The average Bonchev–Trinajstić information content (AvgIpc) is 1.63. The van der Waals surface area contributed by atoms with Gasteiger partial charge in [0.05, 0.1) is 18.4 Å². The Balaban J connectivity index is 3.26. The predicted octanol–water partition coefficient (Wildman–Crippen LogP) is 0.715. The lowest BCUT2D eigenvalue weighted by Crippen LogP contribution is -2.12. The molecule has 0 saturated carbocycles. The van der Waals surface area contributed by atoms with Gasteiger partial charge in [0.2, 0.25) is 0 Å². The average molecular weight is 153 g/mol. The van der Waals surface area contributed by atoms with Crippen molar-refractivity contribution < 1.29 is 14.6 Å². The van der Waals surface area contributed by atoms with Gasteiger partial charge in [-0.05, 0) is 0 Å². The van der Waals surface area contributed by atoms with Crippen LogP contribution in [-0.4, -0.2) is 30.2 Å². The molecule has 0 aromatic carbocycles. The van der Waals surface area contributed by atoms with Gasteiger partial charge in [0.25, 0.3) is 0 Å². The molecular weight excluding hydrogens is 144 g/mol. The van der Waals surface area contributed by atoms with Gasteiger partial charge < -0.3 is 9.84 Å². The second-order valence-corrected chi connectivity index (χ2v) is 2.27. The van der Waals surface area contributed by atoms with Gasteiger partial charge in [-0.1, -0.05) is 0 Å². The maximum atomic E-state index is 9.94. The van der Waals surface area contributed by atoms with Crippen LogP contribution in [0.1, 0.15) is 6.42 Å². The van der Waals surface area contributed by atoms with Gasteiger partial charge in [-0.25, -0.2) is 0 Å². The first-order valence-electron chi connectivity index (χ1n) is 2.51. The molecule has 0 aromatic heterocycles. The van der Waals surface area contributed by atoms with Crippen LogP contribution in [0, 0.1) is 0 Å². The molecule has 0 aliphatic rings. The number of carboxylic acids is 1. The normalized spacial score (nSPS) is 13.1. The fourth-order valence-electron chi connectivity index (χ4n) is 0.429. The quantitative estimate of drug-likeness (QED) is 0.604. The van der Waals surface area contributed by atoms with Crippen molar-refractivity contribution in [2.24, 2.45) is 0 Å². The standard InChI is InChI=1S/C5H9ClO3/c1-9-3-4(6)2-5(7)8/h4H,2-3H2,1H3,(H,7,8). The van der Waals surface area contributed by atoms with Gasteiger partial charge in [0.1, 0.15) is 0 Å². The Kier molecular flexibility index (Phi) is 4.44. The highest BCUT2D eigenvalue weighted by Gasteiger charge is 2.07. The molecule has 0 saturated heterocycles. The van der Waals surface area contributed by atoms with Crippen LogP contribution in [-0.2, 0) is 9.53 Å². The van der Waals surface area contributed by atoms with Gasteiger partial charge in [0.15, 0.2) is 0 Å². The summed E-state index contributed by atoms with van der Waals surface area (Å²) in [5.74, 6) is -0.896. The summed E-state index contributed by atoms with van der Waals surface area (Å²) in [6.45, 7) is 0.286. The molecule has 1 atom stereocenters. The lowest BCUT2D eigenvalue weighted by atomic mass is 10.3. The fraction of sp³-hybridized carbons (Fsp3) is 0.800. The van der Waals surface area contributed by atoms with Crippen molar-refractivity contribution >= 4 is 17.6 Å². The zero-order valence-electron chi connectivity index (χ0n) is 5.13. The Labute approximate surface area is 58.6 Å². The van der Waals surface area contributed by atoms with E-state index in [0.29, 0.717) is 0 Å². The van der Waals surface area contributed by atoms with Crippen LogP contribution in [0.25, 0.3) is 0 Å². The van der Waals surface area contributed by atoms with Crippen molar-refractivity contribution in [1.29, 1.82) is 0 Å². The number of carbonyl (C=O) groups is 1. The number of ether oxygens (including phenoxy) is 1. The maximum absolute atomic E-state index is 9.94. The minimum Gasteiger partial charge on any atom is -0.481 e. The van der Waals surface area contributed by atoms with Crippen LogP contribution in [0.4, 0.5) is 0 Å². The number of halogens is 1. The van der Waals surface area contributed by atoms with E-state index < -0.39 is 11.3 Å². The summed E-state index contributed by atoms with van der Waals surface area (Å²) in [4.78, 5) is 9.94. The van der Waals surface area contributed by atoms with Crippen LogP contribution in [0.5, 0.6) is 0 Å². The second-order valence-electron chi connectivity index (χ2n) is 1.65. The molecule has 3 nitrogen and oxygen atoms in total. The highest BCUT2D eigenvalue weighted by molar-refractivity contribution is 6.21. The smallest absolute Gasteiger partial charge is 0.304 e. The fourth-order valence-corrected chi connectivity index (χ4v) is 0.687. The molecule has 54 valence electrons. The lowest BCUT2D eigenvalue weighted by molar-refractivity contribution is -0.137. The van der Waals surface area contributed by atoms with Gasteiger partial charge in [0, 0.05) is 7.11 Å². The number of hydrogen-bond acceptors (Lipinski definition) is 2. The van der Waals surface area contributed by atoms with Crippen LogP contribution >= 0.6 is 11.6 Å². The second kappa shape index (κ2) is 4.58. The molecule has 0 aromatic rings. The molecule has 4 heteroatoms. The lowest BCUT2D eigenvalue weighted by Gasteiger charge is -2.02. The number of carboxylic acid groups (broad SMARTS) is 1. The first kappa shape index (κ1) is 8.72. The van der Waals surface area contributed by atoms with Crippen LogP contribution in [0.15, 0.2) is 0 Å². The van der Waals surface area contributed by atoms with E-state index in [1.54, 1.807) is 0 Å². The topological polar surface area (TPSA) is 46.5 Å². The first-order valence-corrected chi connectivity index (χ1v) is 2.95. The molecule has 0 spiro atoms. The maximum Gasteiger partial charge on any atom is 0.304 e. The minimum atomic E-state index is -0.896. The zero-order valence-corrected chi connectivity index (χ0v) is 5.89. The molecule has 9 heavy (non-hydrogen) atoms. The van der Waals surface area contributed by atoms with E-state index in [-0.39, 0.29) is 13.0 Å². The molecule has 1 unspecified atom stereocenters. The van der Waals surface area contributed by atoms with E-state index in [2.05, 4.69) is 4.74 Å². The van der Waals surface area contributed by atoms with E-state index in [4.69, 9.17) is 16.7 Å². The van der Waals surface area contributed by atoms with Gasteiger partial charge in [-0.15, -0.1) is 11.6 Å². The summed E-state index contributed by atoms with van der Waals surface area (Å²) in [6.07, 6.45) is -0.0462. The molecular formula is C5H9ClO3. The van der Waals surface area contributed by atoms with Crippen molar-refractivity contribution in [3.63, 3.8) is 0 Å². The summed E-state index contributed by atoms with van der Waals surface area (Å²) in [6, 6.07) is 0. The third-order valence-electron chi connectivity index (χ3n) is 0.744. The van der Waals surface area contributed by atoms with Gasteiger partial charge in [-0.2, -0.15) is 0 Å². The third kappa shape index (κ3) is 5.59. The van der Waals surface area contributed by atoms with Crippen molar-refractivity contribution in [3.8, 4) is 0 Å². The number of methoxy groups -OCH3 is 1. The summed E-state index contributed by atoms with van der Waals surface area (Å²) in [5, 5.41) is 7.76. The molecule has 0 amide bonds. The van der Waals surface area contributed by atoms with Crippen molar-refractivity contribution in [2.45, 2.75) is 11.8 Å². The van der Waals surface area contributed by atoms with Crippen molar-refractivity contribution in [3.05, 3.63) is 0 Å². The zero-order chi connectivity index (χ0) is 7.28. The molecule has 0 radical (unpaired) electrons. The minimum absolute atomic E-state index is 0.0462. The Hall–Kier alpha value is -0.280. The predicted molar refractivity (Wildman–Crippen MR) is 33.8 cm³/mol. The molecule has 0 bridgehead atoms. The van der Waals surface area contributed by atoms with Crippen LogP contribution in [0.3, 0.4) is 0 Å². The van der Waals surface area contributed by atoms with Crippen molar-refractivity contribution in [2.75, 3.05) is 13.7 Å². The summed E-state index contributed by atoms with van der Waals surface area (Å²) < 4.78 is 4.61. The summed E-state index contributed by atoms with van der Waals surface area (Å²) in [7, 11) is 1.48. The first-order chi connectivity index (χ1) is 4.16. The molecule has 0 aliphatic carbocycles. The van der Waals surface area contributed by atoms with Crippen LogP contribution in [0.2, 0.25) is 0 Å². The Morgan fingerprint density at radius 3 is 2.78 bits per heavy atom. The number of hydrogen-bond donors (Lipinski definition) is 1. The monoisotopic (exact) mass is 152 g/mol. The molecule has 0 rings (SSSR count). The van der Waals surface area contributed by atoms with E-state index >= 15 is 0 Å². The number of rotatable bonds is 4. The van der Waals surface area contributed by atoms with E-state index in [1.807, 2.05) is 0 Å². The van der Waals surface area contributed by atoms with Crippen molar-refractivity contribution in [1.82, 2.24) is 0 Å². The molecule has 0 aliphatic heterocycles. The molecule has 1 N–H and O–H groups in total. The Morgan fingerprint density at radius 1 is 1.89 bits per heavy atom. The van der Waals surface area contributed by atoms with E-state index in [9.17, 15) is 4.79 Å². The highest BCUT2D eigenvalue weighted by Crippen LogP contribution is 2.00. The highest BCUT2D eigenvalue weighted by atomic mass is 35.5. The number of aliphatic carboxylic acids is 1. The Morgan fingerprint density at radius 2 is 2.44 bits per heavy atom. The Bertz CT molecular complexity index is 94.2. The summed E-state index contributed by atoms with van der Waals surface area (Å²) in [5.41, 5.74) is 0. The largest absolute Gasteiger partial charge is 0.481 e. The third-order valence-corrected chi connectivity index (χ3v) is 1.02. The van der Waals surface area contributed by atoms with E-state index in [0.717, 1.165) is 0 Å². The number of alkyl halides is 1. The SMILES string of the molecule is COCC(Cl)CC(=O)O. The molecule has 0 fully saturated rings.